The molecule has 1 saturated heterocycles. The Morgan fingerprint density at radius 3 is 2.38 bits per heavy atom. The fraction of sp³-hybridized carbons (Fsp3) is 0.944. The number of hydrogen-bond acceptors (Lipinski definition) is 3. The van der Waals surface area contributed by atoms with E-state index in [2.05, 4.69) is 32.6 Å². The van der Waals surface area contributed by atoms with E-state index in [4.69, 9.17) is 4.74 Å². The molecule has 0 radical (unpaired) electrons. The van der Waals surface area contributed by atoms with Gasteiger partial charge in [-0.2, -0.15) is 0 Å². The zero-order valence-corrected chi connectivity index (χ0v) is 14.3. The summed E-state index contributed by atoms with van der Waals surface area (Å²) in [6.07, 6.45) is 6.10. The van der Waals surface area contributed by atoms with Gasteiger partial charge in [-0.25, -0.2) is 0 Å². The monoisotopic (exact) mass is 295 g/mol. The van der Waals surface area contributed by atoms with Crippen molar-refractivity contribution < 1.29 is 9.53 Å². The van der Waals surface area contributed by atoms with Crippen LogP contribution in [0.5, 0.6) is 0 Å². The van der Waals surface area contributed by atoms with Crippen LogP contribution < -0.4 is 0 Å². The second kappa shape index (κ2) is 7.62. The topological polar surface area (TPSA) is 29.5 Å². The summed E-state index contributed by atoms with van der Waals surface area (Å²) in [7, 11) is 0. The molecule has 3 atom stereocenters. The average Bonchev–Trinajstić information content (AvgIpc) is 2.41. The van der Waals surface area contributed by atoms with E-state index in [1.54, 1.807) is 0 Å². The number of esters is 1. The lowest BCUT2D eigenvalue weighted by molar-refractivity contribution is -0.157. The predicted octanol–water partition coefficient (Wildman–Crippen LogP) is 3.72. The number of carbonyl (C=O) groups excluding carboxylic acids is 1. The molecule has 1 aliphatic heterocycles. The third kappa shape index (κ3) is 4.98. The summed E-state index contributed by atoms with van der Waals surface area (Å²) >= 11 is 0. The molecule has 0 aromatic carbocycles. The van der Waals surface area contributed by atoms with Crippen molar-refractivity contribution in [3.8, 4) is 0 Å². The molecule has 1 aliphatic carbocycles. The maximum atomic E-state index is 12.3. The van der Waals surface area contributed by atoms with E-state index < -0.39 is 0 Å². The van der Waals surface area contributed by atoms with Gasteiger partial charge in [-0.15, -0.1) is 0 Å². The molecule has 1 heterocycles. The predicted molar refractivity (Wildman–Crippen MR) is 86.1 cm³/mol. The molecule has 3 heteroatoms. The average molecular weight is 295 g/mol. The van der Waals surface area contributed by atoms with Crippen LogP contribution in [0.1, 0.15) is 59.8 Å². The summed E-state index contributed by atoms with van der Waals surface area (Å²) in [6, 6.07) is 0. The van der Waals surface area contributed by atoms with Crippen molar-refractivity contribution in [2.45, 2.75) is 65.9 Å². The van der Waals surface area contributed by atoms with Gasteiger partial charge in [0.05, 0.1) is 6.54 Å². The minimum absolute atomic E-state index is 0.00527. The second-order valence-electron chi connectivity index (χ2n) is 7.81. The molecule has 0 spiro atoms. The first kappa shape index (κ1) is 16.8. The molecule has 1 saturated carbocycles. The van der Waals surface area contributed by atoms with Crippen molar-refractivity contribution in [1.82, 2.24) is 4.90 Å². The van der Waals surface area contributed by atoms with Gasteiger partial charge >= 0.3 is 5.97 Å². The Hall–Kier alpha value is -0.570. The van der Waals surface area contributed by atoms with Crippen LogP contribution in [0.15, 0.2) is 0 Å². The zero-order chi connectivity index (χ0) is 15.4. The number of carbonyl (C=O) groups is 1. The Kier molecular flexibility index (Phi) is 6.09. The summed E-state index contributed by atoms with van der Waals surface area (Å²) in [5.41, 5.74) is 0. The Morgan fingerprint density at radius 1 is 1.10 bits per heavy atom. The van der Waals surface area contributed by atoms with Gasteiger partial charge in [0.25, 0.3) is 0 Å². The van der Waals surface area contributed by atoms with Gasteiger partial charge in [0.15, 0.2) is 0 Å². The van der Waals surface area contributed by atoms with E-state index in [1.165, 1.54) is 25.7 Å². The van der Waals surface area contributed by atoms with E-state index in [0.29, 0.717) is 24.3 Å². The molecule has 0 unspecified atom stereocenters. The van der Waals surface area contributed by atoms with Crippen LogP contribution in [0, 0.1) is 23.7 Å². The standard InChI is InChI=1S/C18H33NO2/c1-13(2)16-6-5-15(4)11-17(16)21-18(20)12-19-9-7-14(3)8-10-19/h13-17H,5-12H2,1-4H3/t15-,16-,17-/m1/s1. The van der Waals surface area contributed by atoms with Gasteiger partial charge in [0.2, 0.25) is 0 Å². The number of ether oxygens (including phenoxy) is 1. The minimum atomic E-state index is -0.00527. The van der Waals surface area contributed by atoms with E-state index >= 15 is 0 Å². The van der Waals surface area contributed by atoms with Gasteiger partial charge < -0.3 is 4.74 Å². The van der Waals surface area contributed by atoms with Crippen LogP contribution in [0.25, 0.3) is 0 Å². The first-order chi connectivity index (χ1) is 9.95. The van der Waals surface area contributed by atoms with E-state index in [0.717, 1.165) is 25.4 Å². The van der Waals surface area contributed by atoms with Crippen LogP contribution >= 0.6 is 0 Å². The molecule has 0 N–H and O–H groups in total. The zero-order valence-electron chi connectivity index (χ0n) is 14.3. The third-order valence-corrected chi connectivity index (χ3v) is 5.47. The van der Waals surface area contributed by atoms with E-state index in [-0.39, 0.29) is 12.1 Å². The number of hydrogen-bond donors (Lipinski definition) is 0. The van der Waals surface area contributed by atoms with Gasteiger partial charge in [0, 0.05) is 0 Å². The normalized spacial score (nSPS) is 32.3. The lowest BCUT2D eigenvalue weighted by Crippen LogP contribution is -2.41. The van der Waals surface area contributed by atoms with Crippen molar-refractivity contribution in [2.24, 2.45) is 23.7 Å². The van der Waals surface area contributed by atoms with Crippen LogP contribution in [0.3, 0.4) is 0 Å². The number of piperidine rings is 1. The summed E-state index contributed by atoms with van der Waals surface area (Å²) in [5, 5.41) is 0. The molecular weight excluding hydrogens is 262 g/mol. The molecule has 122 valence electrons. The fourth-order valence-corrected chi connectivity index (χ4v) is 3.86. The molecule has 2 aliphatic rings. The molecule has 0 bridgehead atoms. The SMILES string of the molecule is CC1CCN(CC(=O)O[C@@H]2C[C@H](C)CC[C@@H]2C(C)C)CC1. The summed E-state index contributed by atoms with van der Waals surface area (Å²) in [4.78, 5) is 14.5. The minimum Gasteiger partial charge on any atom is -0.461 e. The van der Waals surface area contributed by atoms with Crippen molar-refractivity contribution >= 4 is 5.97 Å². The van der Waals surface area contributed by atoms with Crippen molar-refractivity contribution in [3.63, 3.8) is 0 Å². The maximum absolute atomic E-state index is 12.3. The summed E-state index contributed by atoms with van der Waals surface area (Å²) < 4.78 is 5.88. The lowest BCUT2D eigenvalue weighted by Gasteiger charge is -2.37. The van der Waals surface area contributed by atoms with Crippen LogP contribution in [0.4, 0.5) is 0 Å². The van der Waals surface area contributed by atoms with Crippen LogP contribution in [-0.4, -0.2) is 36.6 Å². The molecular formula is C18H33NO2. The number of nitrogens with zero attached hydrogens (tertiary/aromatic N) is 1. The largest absolute Gasteiger partial charge is 0.461 e. The fourth-order valence-electron chi connectivity index (χ4n) is 3.86. The third-order valence-electron chi connectivity index (χ3n) is 5.47. The van der Waals surface area contributed by atoms with Gasteiger partial charge in [-0.05, 0) is 62.4 Å². The summed E-state index contributed by atoms with van der Waals surface area (Å²) in [5.74, 6) is 2.64. The highest BCUT2D eigenvalue weighted by atomic mass is 16.5. The van der Waals surface area contributed by atoms with Crippen molar-refractivity contribution in [2.75, 3.05) is 19.6 Å². The highest BCUT2D eigenvalue weighted by Crippen LogP contribution is 2.35. The first-order valence-electron chi connectivity index (χ1n) is 8.87. The quantitative estimate of drug-likeness (QED) is 0.740. The van der Waals surface area contributed by atoms with E-state index in [1.807, 2.05) is 0 Å². The van der Waals surface area contributed by atoms with Crippen LogP contribution in [-0.2, 0) is 9.53 Å². The molecule has 21 heavy (non-hydrogen) atoms. The second-order valence-corrected chi connectivity index (χ2v) is 7.81. The smallest absolute Gasteiger partial charge is 0.320 e. The van der Waals surface area contributed by atoms with Crippen molar-refractivity contribution in [1.29, 1.82) is 0 Å². The molecule has 2 fully saturated rings. The molecule has 3 nitrogen and oxygen atoms in total. The maximum Gasteiger partial charge on any atom is 0.320 e. The molecule has 0 aromatic heterocycles. The van der Waals surface area contributed by atoms with Gasteiger partial charge in [0.1, 0.15) is 6.10 Å². The van der Waals surface area contributed by atoms with Crippen LogP contribution in [0.2, 0.25) is 0 Å². The molecule has 2 rings (SSSR count). The Balaban J connectivity index is 1.82. The number of rotatable bonds is 4. The Bertz CT molecular complexity index is 334. The molecule has 0 aromatic rings. The van der Waals surface area contributed by atoms with Crippen molar-refractivity contribution in [3.05, 3.63) is 0 Å². The number of likely N-dealkylation sites (tertiary alicyclic amines) is 1. The Labute approximate surface area is 130 Å². The Morgan fingerprint density at radius 2 is 1.76 bits per heavy atom. The summed E-state index contributed by atoms with van der Waals surface area (Å²) in [6.45, 7) is 11.7. The lowest BCUT2D eigenvalue weighted by atomic mass is 9.75. The van der Waals surface area contributed by atoms with E-state index in [9.17, 15) is 4.79 Å². The van der Waals surface area contributed by atoms with Gasteiger partial charge in [-0.3, -0.25) is 9.69 Å². The first-order valence-corrected chi connectivity index (χ1v) is 8.87. The van der Waals surface area contributed by atoms with Gasteiger partial charge in [-0.1, -0.05) is 34.1 Å². The molecule has 0 amide bonds. The highest BCUT2D eigenvalue weighted by molar-refractivity contribution is 5.71. The highest BCUT2D eigenvalue weighted by Gasteiger charge is 2.33.